The minimum absolute atomic E-state index is 0.0658. The van der Waals surface area contributed by atoms with Gasteiger partial charge >= 0.3 is 0 Å². The number of aromatic nitrogens is 2. The van der Waals surface area contributed by atoms with Gasteiger partial charge in [0, 0.05) is 24.5 Å². The van der Waals surface area contributed by atoms with Crippen molar-refractivity contribution in [1.29, 1.82) is 0 Å². The first kappa shape index (κ1) is 12.3. The van der Waals surface area contributed by atoms with Gasteiger partial charge in [-0.05, 0) is 47.8 Å². The first-order valence-electron chi connectivity index (χ1n) is 7.30. The third-order valence-electron chi connectivity index (χ3n) is 4.11. The molecule has 4 heterocycles. The maximum absolute atomic E-state index is 5.52. The molecular formula is C14H18N4OS. The Morgan fingerprint density at radius 1 is 1.30 bits per heavy atom. The van der Waals surface area contributed by atoms with Gasteiger partial charge in [0.1, 0.15) is 6.04 Å². The summed E-state index contributed by atoms with van der Waals surface area (Å²) in [5, 5.41) is 9.81. The molecule has 2 aliphatic heterocycles. The summed E-state index contributed by atoms with van der Waals surface area (Å²) in [4.78, 5) is 8.29. The Morgan fingerprint density at radius 2 is 2.20 bits per heavy atom. The van der Waals surface area contributed by atoms with Crippen molar-refractivity contribution in [3.8, 4) is 0 Å². The molecule has 1 atom stereocenters. The van der Waals surface area contributed by atoms with E-state index < -0.39 is 0 Å². The molecule has 0 aromatic carbocycles. The molecule has 1 fully saturated rings. The van der Waals surface area contributed by atoms with Crippen LogP contribution in [-0.2, 0) is 6.42 Å². The minimum atomic E-state index is 0.0658. The average molecular weight is 290 g/mol. The molecule has 106 valence electrons. The van der Waals surface area contributed by atoms with Gasteiger partial charge in [0.15, 0.2) is 0 Å². The van der Waals surface area contributed by atoms with Crippen LogP contribution in [0.3, 0.4) is 0 Å². The van der Waals surface area contributed by atoms with Crippen LogP contribution in [0.2, 0.25) is 0 Å². The van der Waals surface area contributed by atoms with E-state index in [0.29, 0.717) is 5.89 Å². The SMILES string of the molecule is c1cc2c(s1)CCNC2c1nc(N2CCCCC2)no1. The molecule has 6 heteroatoms. The average Bonchev–Trinajstić information content (AvgIpc) is 3.17. The van der Waals surface area contributed by atoms with E-state index in [-0.39, 0.29) is 6.04 Å². The summed E-state index contributed by atoms with van der Waals surface area (Å²) in [7, 11) is 0. The maximum atomic E-state index is 5.52. The lowest BCUT2D eigenvalue weighted by molar-refractivity contribution is 0.343. The summed E-state index contributed by atoms with van der Waals surface area (Å²) >= 11 is 1.82. The van der Waals surface area contributed by atoms with E-state index in [0.717, 1.165) is 32.0 Å². The molecule has 1 saturated heterocycles. The number of nitrogens with zero attached hydrogens (tertiary/aromatic N) is 3. The number of hydrogen-bond acceptors (Lipinski definition) is 6. The van der Waals surface area contributed by atoms with Crippen molar-refractivity contribution in [3.63, 3.8) is 0 Å². The maximum Gasteiger partial charge on any atom is 0.266 e. The third kappa shape index (κ3) is 2.13. The highest BCUT2D eigenvalue weighted by Crippen LogP contribution is 2.32. The highest BCUT2D eigenvalue weighted by atomic mass is 32.1. The summed E-state index contributed by atoms with van der Waals surface area (Å²) < 4.78 is 5.52. The molecule has 0 amide bonds. The smallest absolute Gasteiger partial charge is 0.266 e. The van der Waals surface area contributed by atoms with Gasteiger partial charge in [-0.3, -0.25) is 0 Å². The number of nitrogens with one attached hydrogen (secondary N) is 1. The normalized spacial score (nSPS) is 22.8. The molecule has 0 saturated carbocycles. The molecule has 5 nitrogen and oxygen atoms in total. The first-order chi connectivity index (χ1) is 9.92. The Labute approximate surface area is 122 Å². The van der Waals surface area contributed by atoms with Crippen molar-refractivity contribution >= 4 is 17.3 Å². The van der Waals surface area contributed by atoms with E-state index in [2.05, 4.69) is 31.8 Å². The fourth-order valence-corrected chi connectivity index (χ4v) is 3.96. The van der Waals surface area contributed by atoms with Crippen LogP contribution in [0.15, 0.2) is 16.0 Å². The highest BCUT2D eigenvalue weighted by molar-refractivity contribution is 7.10. The Balaban J connectivity index is 1.60. The van der Waals surface area contributed by atoms with Crippen LogP contribution in [0.5, 0.6) is 0 Å². The monoisotopic (exact) mass is 290 g/mol. The number of thiophene rings is 1. The van der Waals surface area contributed by atoms with E-state index in [1.165, 1.54) is 29.7 Å². The molecule has 1 N–H and O–H groups in total. The van der Waals surface area contributed by atoms with Crippen molar-refractivity contribution < 1.29 is 4.52 Å². The minimum Gasteiger partial charge on any atom is -0.338 e. The van der Waals surface area contributed by atoms with Crippen LogP contribution in [-0.4, -0.2) is 29.8 Å². The van der Waals surface area contributed by atoms with E-state index >= 15 is 0 Å². The van der Waals surface area contributed by atoms with Gasteiger partial charge in [-0.15, -0.1) is 11.3 Å². The predicted octanol–water partition coefficient (Wildman–Crippen LogP) is 2.36. The van der Waals surface area contributed by atoms with Gasteiger partial charge in [0.05, 0.1) is 0 Å². The molecule has 2 aromatic heterocycles. The van der Waals surface area contributed by atoms with E-state index in [1.807, 2.05) is 11.3 Å². The van der Waals surface area contributed by atoms with E-state index in [9.17, 15) is 0 Å². The summed E-state index contributed by atoms with van der Waals surface area (Å²) in [6, 6.07) is 2.23. The predicted molar refractivity (Wildman–Crippen MR) is 78.2 cm³/mol. The number of anilines is 1. The standard InChI is InChI=1S/C14H18N4OS/c1-2-7-18(8-3-1)14-16-13(19-17-14)12-10-5-9-20-11(10)4-6-15-12/h5,9,12,15H,1-4,6-8H2. The van der Waals surface area contributed by atoms with Crippen LogP contribution in [0.4, 0.5) is 5.95 Å². The Hall–Kier alpha value is -1.40. The van der Waals surface area contributed by atoms with E-state index in [1.54, 1.807) is 0 Å². The summed E-state index contributed by atoms with van der Waals surface area (Å²) in [6.45, 7) is 3.06. The number of fused-ring (bicyclic) bond motifs is 1. The number of rotatable bonds is 2. The van der Waals surface area contributed by atoms with Gasteiger partial charge in [0.25, 0.3) is 5.95 Å². The van der Waals surface area contributed by atoms with Gasteiger partial charge in [0.2, 0.25) is 5.89 Å². The first-order valence-corrected chi connectivity index (χ1v) is 8.18. The van der Waals surface area contributed by atoms with Crippen LogP contribution in [0, 0.1) is 0 Å². The van der Waals surface area contributed by atoms with Gasteiger partial charge in [-0.2, -0.15) is 4.98 Å². The second kappa shape index (κ2) is 5.18. The van der Waals surface area contributed by atoms with Gasteiger partial charge in [-0.1, -0.05) is 0 Å². The Bertz CT molecular complexity index is 588. The fourth-order valence-electron chi connectivity index (χ4n) is 3.04. The van der Waals surface area contributed by atoms with Crippen LogP contribution < -0.4 is 10.2 Å². The van der Waals surface area contributed by atoms with Crippen molar-refractivity contribution in [2.24, 2.45) is 0 Å². The van der Waals surface area contributed by atoms with Crippen molar-refractivity contribution in [2.75, 3.05) is 24.5 Å². The second-order valence-corrected chi connectivity index (χ2v) is 6.42. The molecule has 1 unspecified atom stereocenters. The van der Waals surface area contributed by atoms with Gasteiger partial charge in [-0.25, -0.2) is 0 Å². The zero-order chi connectivity index (χ0) is 13.4. The summed E-state index contributed by atoms with van der Waals surface area (Å²) in [5.41, 5.74) is 1.30. The Morgan fingerprint density at radius 3 is 3.10 bits per heavy atom. The molecule has 2 aromatic rings. The van der Waals surface area contributed by atoms with E-state index in [4.69, 9.17) is 4.52 Å². The molecule has 0 spiro atoms. The number of piperidine rings is 1. The molecule has 20 heavy (non-hydrogen) atoms. The fraction of sp³-hybridized carbons (Fsp3) is 0.571. The molecule has 0 radical (unpaired) electrons. The molecule has 4 rings (SSSR count). The van der Waals surface area contributed by atoms with Crippen LogP contribution in [0.25, 0.3) is 0 Å². The topological polar surface area (TPSA) is 54.2 Å². The summed E-state index contributed by atoms with van der Waals surface area (Å²) in [5.74, 6) is 1.45. The second-order valence-electron chi connectivity index (χ2n) is 5.42. The van der Waals surface area contributed by atoms with Crippen molar-refractivity contribution in [1.82, 2.24) is 15.5 Å². The lowest BCUT2D eigenvalue weighted by atomic mass is 10.0. The van der Waals surface area contributed by atoms with Crippen molar-refractivity contribution in [2.45, 2.75) is 31.7 Å². The lowest BCUT2D eigenvalue weighted by Gasteiger charge is -2.24. The summed E-state index contributed by atoms with van der Waals surface area (Å²) in [6.07, 6.45) is 4.85. The molecule has 0 bridgehead atoms. The van der Waals surface area contributed by atoms with Crippen LogP contribution in [0.1, 0.15) is 41.6 Å². The number of hydrogen-bond donors (Lipinski definition) is 1. The zero-order valence-electron chi connectivity index (χ0n) is 11.3. The largest absolute Gasteiger partial charge is 0.338 e. The molecular weight excluding hydrogens is 272 g/mol. The van der Waals surface area contributed by atoms with Crippen molar-refractivity contribution in [3.05, 3.63) is 27.8 Å². The molecule has 2 aliphatic rings. The third-order valence-corrected chi connectivity index (χ3v) is 5.10. The molecule has 0 aliphatic carbocycles. The zero-order valence-corrected chi connectivity index (χ0v) is 12.2. The van der Waals surface area contributed by atoms with Gasteiger partial charge < -0.3 is 14.7 Å². The Kier molecular flexibility index (Phi) is 3.20. The highest BCUT2D eigenvalue weighted by Gasteiger charge is 2.28. The lowest BCUT2D eigenvalue weighted by Crippen LogP contribution is -2.31. The van der Waals surface area contributed by atoms with Crippen LogP contribution >= 0.6 is 11.3 Å². The quantitative estimate of drug-likeness (QED) is 0.920.